The van der Waals surface area contributed by atoms with Crippen molar-refractivity contribution in [3.05, 3.63) is 30.2 Å². The number of nitrogens with zero attached hydrogens (tertiary/aromatic N) is 4. The SMILES string of the molecule is CC(C)Cc1nn(-c2ccncc2)c2n[nH]c(N)c12. The number of rotatable bonds is 3. The van der Waals surface area contributed by atoms with Gasteiger partial charge >= 0.3 is 0 Å². The minimum absolute atomic E-state index is 0.512. The standard InChI is InChI=1S/C13H16N6/c1-8(2)7-10-11-12(14)16-17-13(11)19(18-10)9-3-5-15-6-4-9/h3-6,8H,7H2,1-2H3,(H3,14,16,17). The quantitative estimate of drug-likeness (QED) is 0.749. The fourth-order valence-corrected chi connectivity index (χ4v) is 2.20. The number of nitrogen functional groups attached to an aromatic ring is 1. The molecule has 19 heavy (non-hydrogen) atoms. The number of fused-ring (bicyclic) bond motifs is 1. The minimum Gasteiger partial charge on any atom is -0.383 e. The number of aromatic nitrogens is 5. The third-order valence-electron chi connectivity index (χ3n) is 2.99. The fourth-order valence-electron chi connectivity index (χ4n) is 2.20. The third kappa shape index (κ3) is 1.95. The molecule has 3 N–H and O–H groups in total. The predicted octanol–water partition coefficient (Wildman–Crippen LogP) is 1.92. The van der Waals surface area contributed by atoms with Crippen LogP contribution < -0.4 is 5.73 Å². The summed E-state index contributed by atoms with van der Waals surface area (Å²) in [6, 6.07) is 3.80. The maximum atomic E-state index is 5.96. The Labute approximate surface area is 110 Å². The first-order chi connectivity index (χ1) is 9.16. The molecule has 0 amide bonds. The summed E-state index contributed by atoms with van der Waals surface area (Å²) in [4.78, 5) is 4.02. The molecule has 0 saturated carbocycles. The number of anilines is 1. The van der Waals surface area contributed by atoms with Gasteiger partial charge in [-0.15, -0.1) is 0 Å². The summed E-state index contributed by atoms with van der Waals surface area (Å²) in [5.41, 5.74) is 8.64. The molecular weight excluding hydrogens is 240 g/mol. The topological polar surface area (TPSA) is 85.4 Å². The number of hydrogen-bond acceptors (Lipinski definition) is 4. The third-order valence-corrected chi connectivity index (χ3v) is 2.99. The zero-order chi connectivity index (χ0) is 13.4. The van der Waals surface area contributed by atoms with E-state index in [1.54, 1.807) is 12.4 Å². The molecule has 6 heteroatoms. The number of nitrogens with two attached hydrogens (primary N) is 1. The van der Waals surface area contributed by atoms with E-state index in [1.807, 2.05) is 16.8 Å². The van der Waals surface area contributed by atoms with Crippen LogP contribution in [0.2, 0.25) is 0 Å². The summed E-state index contributed by atoms with van der Waals surface area (Å²) in [6.45, 7) is 4.32. The number of hydrogen-bond donors (Lipinski definition) is 2. The van der Waals surface area contributed by atoms with Crippen molar-refractivity contribution in [3.63, 3.8) is 0 Å². The second-order valence-corrected chi connectivity index (χ2v) is 5.00. The van der Waals surface area contributed by atoms with Crippen LogP contribution in [0.1, 0.15) is 19.5 Å². The van der Waals surface area contributed by atoms with Crippen molar-refractivity contribution >= 4 is 16.9 Å². The lowest BCUT2D eigenvalue weighted by atomic mass is 10.1. The van der Waals surface area contributed by atoms with Gasteiger partial charge in [0.1, 0.15) is 5.82 Å². The second-order valence-electron chi connectivity index (χ2n) is 5.00. The number of aromatic amines is 1. The van der Waals surface area contributed by atoms with Crippen LogP contribution in [0.15, 0.2) is 24.5 Å². The molecule has 0 aliphatic carbocycles. The first-order valence-corrected chi connectivity index (χ1v) is 6.28. The highest BCUT2D eigenvalue weighted by Crippen LogP contribution is 2.26. The molecule has 3 rings (SSSR count). The summed E-state index contributed by atoms with van der Waals surface area (Å²) in [6.07, 6.45) is 4.35. The molecule has 0 unspecified atom stereocenters. The first-order valence-electron chi connectivity index (χ1n) is 6.28. The van der Waals surface area contributed by atoms with E-state index >= 15 is 0 Å². The molecule has 0 spiro atoms. The van der Waals surface area contributed by atoms with Gasteiger partial charge in [0.05, 0.1) is 16.8 Å². The summed E-state index contributed by atoms with van der Waals surface area (Å²) < 4.78 is 1.81. The Kier molecular flexibility index (Phi) is 2.70. The highest BCUT2D eigenvalue weighted by atomic mass is 15.4. The fraction of sp³-hybridized carbons (Fsp3) is 0.308. The Hall–Kier alpha value is -2.37. The van der Waals surface area contributed by atoms with Gasteiger partial charge < -0.3 is 5.73 Å². The van der Waals surface area contributed by atoms with Crippen molar-refractivity contribution in [2.75, 3.05) is 5.73 Å². The second kappa shape index (κ2) is 4.38. The maximum Gasteiger partial charge on any atom is 0.186 e. The van der Waals surface area contributed by atoms with Gasteiger partial charge in [0, 0.05) is 12.4 Å². The van der Waals surface area contributed by atoms with Gasteiger partial charge in [-0.1, -0.05) is 13.8 Å². The van der Waals surface area contributed by atoms with Crippen LogP contribution in [0.25, 0.3) is 16.7 Å². The van der Waals surface area contributed by atoms with E-state index in [1.165, 1.54) is 0 Å². The van der Waals surface area contributed by atoms with E-state index in [4.69, 9.17) is 5.73 Å². The molecule has 0 aromatic carbocycles. The normalized spacial score (nSPS) is 11.5. The number of pyridine rings is 1. The zero-order valence-corrected chi connectivity index (χ0v) is 11.0. The Morgan fingerprint density at radius 1 is 1.32 bits per heavy atom. The van der Waals surface area contributed by atoms with Crippen molar-refractivity contribution < 1.29 is 0 Å². The summed E-state index contributed by atoms with van der Waals surface area (Å²) in [5.74, 6) is 1.09. The lowest BCUT2D eigenvalue weighted by molar-refractivity contribution is 0.630. The average molecular weight is 256 g/mol. The van der Waals surface area contributed by atoms with Crippen molar-refractivity contribution in [2.24, 2.45) is 5.92 Å². The summed E-state index contributed by atoms with van der Waals surface area (Å²) in [5, 5.41) is 12.7. The van der Waals surface area contributed by atoms with E-state index in [9.17, 15) is 0 Å². The molecule has 6 nitrogen and oxygen atoms in total. The van der Waals surface area contributed by atoms with E-state index in [-0.39, 0.29) is 0 Å². The Morgan fingerprint density at radius 3 is 2.74 bits per heavy atom. The summed E-state index contributed by atoms with van der Waals surface area (Å²) in [7, 11) is 0. The molecule has 0 bridgehead atoms. The van der Waals surface area contributed by atoms with Crippen LogP contribution in [-0.4, -0.2) is 25.0 Å². The largest absolute Gasteiger partial charge is 0.383 e. The smallest absolute Gasteiger partial charge is 0.186 e. The van der Waals surface area contributed by atoms with Crippen LogP contribution in [0.4, 0.5) is 5.82 Å². The lowest BCUT2D eigenvalue weighted by Crippen LogP contribution is -2.01. The van der Waals surface area contributed by atoms with Gasteiger partial charge in [-0.2, -0.15) is 10.2 Å². The highest BCUT2D eigenvalue weighted by Gasteiger charge is 2.18. The Morgan fingerprint density at radius 2 is 2.05 bits per heavy atom. The van der Waals surface area contributed by atoms with Gasteiger partial charge in [-0.05, 0) is 24.5 Å². The van der Waals surface area contributed by atoms with Gasteiger partial charge in [0.25, 0.3) is 0 Å². The molecule has 0 aliphatic heterocycles. The zero-order valence-electron chi connectivity index (χ0n) is 11.0. The van der Waals surface area contributed by atoms with Crippen molar-refractivity contribution in [2.45, 2.75) is 20.3 Å². The molecule has 0 fully saturated rings. The molecule has 0 atom stereocenters. The monoisotopic (exact) mass is 256 g/mol. The maximum absolute atomic E-state index is 5.96. The summed E-state index contributed by atoms with van der Waals surface area (Å²) >= 11 is 0. The average Bonchev–Trinajstić information content (AvgIpc) is 2.93. The van der Waals surface area contributed by atoms with E-state index in [0.29, 0.717) is 11.7 Å². The molecule has 0 saturated heterocycles. The van der Waals surface area contributed by atoms with Crippen molar-refractivity contribution in [1.29, 1.82) is 0 Å². The highest BCUT2D eigenvalue weighted by molar-refractivity contribution is 5.89. The van der Waals surface area contributed by atoms with Gasteiger partial charge in [0.2, 0.25) is 0 Å². The van der Waals surface area contributed by atoms with E-state index in [0.717, 1.165) is 28.8 Å². The first kappa shape index (κ1) is 11.7. The molecule has 3 aromatic rings. The molecule has 3 heterocycles. The van der Waals surface area contributed by atoms with Crippen molar-refractivity contribution in [1.82, 2.24) is 25.0 Å². The van der Waals surface area contributed by atoms with Crippen LogP contribution in [0.5, 0.6) is 0 Å². The minimum atomic E-state index is 0.512. The van der Waals surface area contributed by atoms with Crippen LogP contribution in [0, 0.1) is 5.92 Å². The van der Waals surface area contributed by atoms with Crippen LogP contribution >= 0.6 is 0 Å². The van der Waals surface area contributed by atoms with Gasteiger partial charge in [0.15, 0.2) is 5.65 Å². The lowest BCUT2D eigenvalue weighted by Gasteiger charge is -2.02. The van der Waals surface area contributed by atoms with Crippen LogP contribution in [-0.2, 0) is 6.42 Å². The molecule has 0 aliphatic rings. The Bertz CT molecular complexity index is 695. The van der Waals surface area contributed by atoms with E-state index < -0.39 is 0 Å². The van der Waals surface area contributed by atoms with E-state index in [2.05, 4.69) is 34.1 Å². The number of nitrogens with one attached hydrogen (secondary N) is 1. The number of H-pyrrole nitrogens is 1. The van der Waals surface area contributed by atoms with Crippen molar-refractivity contribution in [3.8, 4) is 5.69 Å². The van der Waals surface area contributed by atoms with Gasteiger partial charge in [-0.3, -0.25) is 10.1 Å². The predicted molar refractivity (Wildman–Crippen MR) is 74.0 cm³/mol. The molecule has 3 aromatic heterocycles. The van der Waals surface area contributed by atoms with Gasteiger partial charge in [-0.25, -0.2) is 4.68 Å². The van der Waals surface area contributed by atoms with Crippen LogP contribution in [0.3, 0.4) is 0 Å². The molecular formula is C13H16N6. The molecule has 0 radical (unpaired) electrons. The molecule has 98 valence electrons. The Balaban J connectivity index is 2.21.